The lowest BCUT2D eigenvalue weighted by Crippen LogP contribution is -2.36. The van der Waals surface area contributed by atoms with Crippen molar-refractivity contribution < 1.29 is 4.74 Å². The van der Waals surface area contributed by atoms with Crippen LogP contribution in [0.3, 0.4) is 0 Å². The van der Waals surface area contributed by atoms with Crippen LogP contribution >= 0.6 is 7.26 Å². The van der Waals surface area contributed by atoms with Gasteiger partial charge in [0.05, 0.1) is 6.61 Å². The molecule has 0 N–H and O–H groups in total. The fourth-order valence-electron chi connectivity index (χ4n) is 4.64. The zero-order chi connectivity index (χ0) is 23.1. The molecule has 1 atom stereocenters. The quantitative estimate of drug-likeness (QED) is 0.230. The molecule has 2 heteroatoms. The van der Waals surface area contributed by atoms with Gasteiger partial charge in [0.1, 0.15) is 23.2 Å². The Morgan fingerprint density at radius 2 is 0.794 bits per heavy atom. The molecule has 0 aliphatic carbocycles. The van der Waals surface area contributed by atoms with E-state index in [0.717, 1.165) is 0 Å². The Kier molecular flexibility index (Phi) is 6.96. The molecule has 34 heavy (non-hydrogen) atoms. The van der Waals surface area contributed by atoms with Crippen molar-refractivity contribution in [3.8, 4) is 0 Å². The minimum atomic E-state index is -2.24. The summed E-state index contributed by atoms with van der Waals surface area (Å²) >= 11 is 0. The summed E-state index contributed by atoms with van der Waals surface area (Å²) in [6.07, 6.45) is 0. The van der Waals surface area contributed by atoms with Gasteiger partial charge in [0.25, 0.3) is 0 Å². The molecule has 0 amide bonds. The van der Waals surface area contributed by atoms with E-state index in [1.54, 1.807) is 0 Å². The summed E-state index contributed by atoms with van der Waals surface area (Å²) in [4.78, 5) is 0. The van der Waals surface area contributed by atoms with Crippen LogP contribution in [0.5, 0.6) is 0 Å². The van der Waals surface area contributed by atoms with Gasteiger partial charge in [0.2, 0.25) is 5.85 Å². The van der Waals surface area contributed by atoms with Gasteiger partial charge in [-0.1, -0.05) is 115 Å². The van der Waals surface area contributed by atoms with E-state index < -0.39 is 7.26 Å². The van der Waals surface area contributed by atoms with Gasteiger partial charge in [-0.25, -0.2) is 0 Å². The number of rotatable bonds is 8. The van der Waals surface area contributed by atoms with Crippen LogP contribution in [0.2, 0.25) is 0 Å². The molecule has 0 bridgehead atoms. The number of benzene rings is 5. The summed E-state index contributed by atoms with van der Waals surface area (Å²) in [6, 6.07) is 54.0. The van der Waals surface area contributed by atoms with Crippen LogP contribution in [-0.2, 0) is 11.3 Å². The molecule has 0 aliphatic heterocycles. The Labute approximate surface area is 203 Å². The molecule has 5 aromatic rings. The number of ether oxygens (including phenoxy) is 1. The zero-order valence-corrected chi connectivity index (χ0v) is 20.0. The lowest BCUT2D eigenvalue weighted by atomic mass is 10.2. The van der Waals surface area contributed by atoms with Crippen molar-refractivity contribution in [1.82, 2.24) is 0 Å². The third-order valence-corrected chi connectivity index (χ3v) is 10.7. The maximum absolute atomic E-state index is 6.99. The SMILES string of the molecule is c1ccc(COC(c2ccccc2)[P+](c2ccccc2)(c2ccccc2)c2ccccc2)cc1. The van der Waals surface area contributed by atoms with Crippen LogP contribution in [0.25, 0.3) is 0 Å². The predicted octanol–water partition coefficient (Wildman–Crippen LogP) is 6.90. The third kappa shape index (κ3) is 4.46. The summed E-state index contributed by atoms with van der Waals surface area (Å²) in [7, 11) is -2.24. The monoisotopic (exact) mass is 459 g/mol. The van der Waals surface area contributed by atoms with E-state index in [-0.39, 0.29) is 5.85 Å². The fourth-order valence-corrected chi connectivity index (χ4v) is 9.19. The van der Waals surface area contributed by atoms with Crippen molar-refractivity contribution in [3.05, 3.63) is 163 Å². The van der Waals surface area contributed by atoms with Gasteiger partial charge >= 0.3 is 0 Å². The van der Waals surface area contributed by atoms with E-state index >= 15 is 0 Å². The first-order valence-corrected chi connectivity index (χ1v) is 13.5. The van der Waals surface area contributed by atoms with Crippen LogP contribution in [0, 0.1) is 0 Å². The van der Waals surface area contributed by atoms with Gasteiger partial charge in [0.15, 0.2) is 0 Å². The molecule has 0 saturated carbocycles. The van der Waals surface area contributed by atoms with Crippen LogP contribution < -0.4 is 15.9 Å². The van der Waals surface area contributed by atoms with Gasteiger partial charge in [-0.15, -0.1) is 0 Å². The second-order valence-corrected chi connectivity index (χ2v) is 11.8. The standard InChI is InChI=1S/C32H28OP/c1-6-16-27(17-7-1)26-33-32(28-18-8-2-9-19-28)34(29-20-10-3-11-21-29,30-22-12-4-13-23-30)31-24-14-5-15-25-31/h1-25,32H,26H2/q+1. The predicted molar refractivity (Wildman–Crippen MR) is 146 cm³/mol. The summed E-state index contributed by atoms with van der Waals surface area (Å²) < 4.78 is 6.99. The Balaban J connectivity index is 1.78. The first kappa shape index (κ1) is 22.3. The minimum absolute atomic E-state index is 0.138. The smallest absolute Gasteiger partial charge is 0.207 e. The van der Waals surface area contributed by atoms with Gasteiger partial charge in [0, 0.05) is 5.56 Å². The highest BCUT2D eigenvalue weighted by atomic mass is 31.2. The summed E-state index contributed by atoms with van der Waals surface area (Å²) in [6.45, 7) is 0.550. The molecule has 0 aromatic heterocycles. The Bertz CT molecular complexity index is 1180. The van der Waals surface area contributed by atoms with Gasteiger partial charge in [-0.05, 0) is 42.0 Å². The number of hydrogen-bond acceptors (Lipinski definition) is 1. The molecule has 1 unspecified atom stereocenters. The molecular formula is C32H28OP+. The van der Waals surface area contributed by atoms with Crippen LogP contribution in [0.15, 0.2) is 152 Å². The van der Waals surface area contributed by atoms with E-state index in [1.165, 1.54) is 27.0 Å². The highest BCUT2D eigenvalue weighted by Crippen LogP contribution is 2.67. The Hall–Kier alpha value is -3.51. The van der Waals surface area contributed by atoms with Crippen molar-refractivity contribution in [1.29, 1.82) is 0 Å². The molecular weight excluding hydrogens is 431 g/mol. The maximum atomic E-state index is 6.99. The van der Waals surface area contributed by atoms with Crippen LogP contribution in [-0.4, -0.2) is 0 Å². The van der Waals surface area contributed by atoms with Gasteiger partial charge < -0.3 is 4.74 Å². The van der Waals surface area contributed by atoms with Crippen molar-refractivity contribution in [3.63, 3.8) is 0 Å². The van der Waals surface area contributed by atoms with Crippen molar-refractivity contribution in [2.75, 3.05) is 0 Å². The van der Waals surface area contributed by atoms with E-state index in [9.17, 15) is 0 Å². The lowest BCUT2D eigenvalue weighted by Gasteiger charge is -2.34. The molecule has 0 radical (unpaired) electrons. The highest BCUT2D eigenvalue weighted by molar-refractivity contribution is 7.95. The lowest BCUT2D eigenvalue weighted by molar-refractivity contribution is 0.0953. The Morgan fingerprint density at radius 1 is 0.441 bits per heavy atom. The van der Waals surface area contributed by atoms with Crippen LogP contribution in [0.1, 0.15) is 17.0 Å². The third-order valence-electron chi connectivity index (χ3n) is 6.18. The minimum Gasteiger partial charge on any atom is -0.334 e. The zero-order valence-electron chi connectivity index (χ0n) is 19.1. The molecule has 0 fully saturated rings. The number of hydrogen-bond donors (Lipinski definition) is 0. The van der Waals surface area contributed by atoms with E-state index in [2.05, 4.69) is 146 Å². The molecule has 0 saturated heterocycles. The highest BCUT2D eigenvalue weighted by Gasteiger charge is 2.54. The maximum Gasteiger partial charge on any atom is 0.207 e. The van der Waals surface area contributed by atoms with Gasteiger partial charge in [-0.2, -0.15) is 0 Å². The second kappa shape index (κ2) is 10.6. The second-order valence-electron chi connectivity index (χ2n) is 8.29. The molecule has 166 valence electrons. The van der Waals surface area contributed by atoms with E-state index in [0.29, 0.717) is 6.61 Å². The average Bonchev–Trinajstić information content (AvgIpc) is 2.94. The van der Waals surface area contributed by atoms with Crippen LogP contribution in [0.4, 0.5) is 0 Å². The topological polar surface area (TPSA) is 9.23 Å². The average molecular weight is 460 g/mol. The summed E-state index contributed by atoms with van der Waals surface area (Å²) in [5, 5.41) is 3.94. The van der Waals surface area contributed by atoms with Gasteiger partial charge in [-0.3, -0.25) is 0 Å². The first-order chi connectivity index (χ1) is 16.9. The largest absolute Gasteiger partial charge is 0.334 e. The van der Waals surface area contributed by atoms with E-state index in [1.807, 2.05) is 6.07 Å². The summed E-state index contributed by atoms with van der Waals surface area (Å²) in [5.74, 6) is -0.138. The van der Waals surface area contributed by atoms with E-state index in [4.69, 9.17) is 4.74 Å². The molecule has 0 aliphatic rings. The molecule has 1 nitrogen and oxygen atoms in total. The Morgan fingerprint density at radius 3 is 1.21 bits per heavy atom. The molecule has 5 aromatic carbocycles. The fraction of sp³-hybridized carbons (Fsp3) is 0.0625. The summed E-state index contributed by atoms with van der Waals surface area (Å²) in [5.41, 5.74) is 2.37. The van der Waals surface area contributed by atoms with Crippen molar-refractivity contribution in [2.24, 2.45) is 0 Å². The van der Waals surface area contributed by atoms with Crippen molar-refractivity contribution in [2.45, 2.75) is 12.5 Å². The molecule has 0 heterocycles. The normalized spacial score (nSPS) is 12.2. The van der Waals surface area contributed by atoms with Crippen molar-refractivity contribution >= 4 is 23.2 Å². The molecule has 5 rings (SSSR count). The first-order valence-electron chi connectivity index (χ1n) is 11.6. The molecule has 0 spiro atoms.